The Morgan fingerprint density at radius 2 is 2.06 bits per heavy atom. The van der Waals surface area contributed by atoms with Crippen LogP contribution in [0, 0.1) is 0 Å². The van der Waals surface area contributed by atoms with E-state index in [1.54, 1.807) is 0 Å². The lowest BCUT2D eigenvalue weighted by Crippen LogP contribution is -2.59. The Hall–Kier alpha value is -1.30. The fourth-order valence-corrected chi connectivity index (χ4v) is 1.66. The number of rotatable bonds is 2. The molecule has 0 aromatic heterocycles. The smallest absolute Gasteiger partial charge is 0.378 e. The third kappa shape index (κ3) is 2.29. The van der Waals surface area contributed by atoms with E-state index in [-0.39, 0.29) is 5.84 Å². The van der Waals surface area contributed by atoms with E-state index in [1.165, 1.54) is 0 Å². The normalized spacial score (nSPS) is 40.9. The second-order valence-electron chi connectivity index (χ2n) is 4.01. The number of aliphatic hydroxyl groups is 3. The molecule has 0 aliphatic carbocycles. The Morgan fingerprint density at radius 3 is 2.50 bits per heavy atom. The molecule has 10 heteroatoms. The molecule has 0 amide bonds. The van der Waals surface area contributed by atoms with Gasteiger partial charge in [-0.15, -0.1) is 0 Å². The van der Waals surface area contributed by atoms with E-state index in [1.807, 2.05) is 0 Å². The second-order valence-corrected chi connectivity index (χ2v) is 4.01. The van der Waals surface area contributed by atoms with Gasteiger partial charge in [0.25, 0.3) is 0 Å². The molecule has 2 aliphatic heterocycles. The lowest BCUT2D eigenvalue weighted by molar-refractivity contribution is -0.145. The first kappa shape index (κ1) is 13.1. The van der Waals surface area contributed by atoms with Crippen LogP contribution in [0.3, 0.4) is 0 Å². The Bertz CT molecular complexity index is 386. The molecule has 0 unspecified atom stereocenters. The lowest BCUT2D eigenvalue weighted by Gasteiger charge is -2.14. The molecule has 8 N–H and O–H groups in total. The van der Waals surface area contributed by atoms with Gasteiger partial charge in [0.2, 0.25) is 5.84 Å². The summed E-state index contributed by atoms with van der Waals surface area (Å²) in [5.74, 6) is -3.10. The molecule has 0 aromatic rings. The van der Waals surface area contributed by atoms with Gasteiger partial charge in [-0.25, -0.2) is 9.79 Å². The number of esters is 1. The molecule has 2 rings (SSSR count). The molecule has 18 heavy (non-hydrogen) atoms. The highest BCUT2D eigenvalue weighted by atomic mass is 16.6. The van der Waals surface area contributed by atoms with Crippen molar-refractivity contribution in [2.24, 2.45) is 16.5 Å². The number of cyclic esters (lactones) is 1. The van der Waals surface area contributed by atoms with Crippen LogP contribution in [0.2, 0.25) is 0 Å². The number of carbonyl (C=O) groups excluding carboxylic acids is 1. The molecule has 0 saturated carbocycles. The van der Waals surface area contributed by atoms with Crippen LogP contribution < -0.4 is 16.8 Å². The first-order valence-corrected chi connectivity index (χ1v) is 5.13. The highest BCUT2D eigenvalue weighted by molar-refractivity contribution is 6.37. The zero-order valence-corrected chi connectivity index (χ0v) is 9.18. The average Bonchev–Trinajstić information content (AvgIpc) is 2.69. The van der Waals surface area contributed by atoms with E-state index >= 15 is 0 Å². The van der Waals surface area contributed by atoms with Crippen LogP contribution in [-0.2, 0) is 14.3 Å². The SMILES string of the molecule is NC1(N)N/C(=N\[C@@H]2O[C@H](CO)[C@@H](O)[C@H]2O)C(=O)O1. The van der Waals surface area contributed by atoms with Gasteiger partial charge in [-0.05, 0) is 0 Å². The zero-order chi connectivity index (χ0) is 13.5. The number of hydrogen-bond donors (Lipinski definition) is 6. The molecule has 4 atom stereocenters. The first-order valence-electron chi connectivity index (χ1n) is 5.13. The summed E-state index contributed by atoms with van der Waals surface area (Å²) in [6.07, 6.45) is -4.88. The minimum atomic E-state index is -1.87. The van der Waals surface area contributed by atoms with Crippen LogP contribution >= 0.6 is 0 Å². The van der Waals surface area contributed by atoms with E-state index in [2.05, 4.69) is 15.0 Å². The third-order valence-electron chi connectivity index (χ3n) is 2.54. The van der Waals surface area contributed by atoms with Gasteiger partial charge in [-0.1, -0.05) is 0 Å². The van der Waals surface area contributed by atoms with Gasteiger partial charge in [0.05, 0.1) is 6.61 Å². The maximum absolute atomic E-state index is 11.3. The van der Waals surface area contributed by atoms with Crippen molar-refractivity contribution in [1.82, 2.24) is 5.32 Å². The Balaban J connectivity index is 2.12. The highest BCUT2D eigenvalue weighted by Gasteiger charge is 2.45. The van der Waals surface area contributed by atoms with Crippen molar-refractivity contribution in [3.8, 4) is 0 Å². The Morgan fingerprint density at radius 1 is 1.39 bits per heavy atom. The maximum atomic E-state index is 11.3. The predicted molar refractivity (Wildman–Crippen MR) is 55.5 cm³/mol. The van der Waals surface area contributed by atoms with Crippen molar-refractivity contribution < 1.29 is 29.6 Å². The maximum Gasteiger partial charge on any atom is 0.378 e. The fourth-order valence-electron chi connectivity index (χ4n) is 1.66. The number of aliphatic hydroxyl groups excluding tert-OH is 3. The number of nitrogens with one attached hydrogen (secondary N) is 1. The summed E-state index contributed by atoms with van der Waals surface area (Å²) in [6.45, 7) is -0.491. The first-order chi connectivity index (χ1) is 8.34. The second kappa shape index (κ2) is 4.42. The van der Waals surface area contributed by atoms with Crippen molar-refractivity contribution in [3.63, 3.8) is 0 Å². The molecule has 10 nitrogen and oxygen atoms in total. The fraction of sp³-hybridized carbons (Fsp3) is 0.750. The van der Waals surface area contributed by atoms with Crippen LogP contribution in [0.4, 0.5) is 0 Å². The van der Waals surface area contributed by atoms with Crippen LogP contribution in [0.15, 0.2) is 4.99 Å². The number of amidine groups is 1. The van der Waals surface area contributed by atoms with E-state index in [0.29, 0.717) is 0 Å². The Kier molecular flexibility index (Phi) is 3.23. The summed E-state index contributed by atoms with van der Waals surface area (Å²) >= 11 is 0. The zero-order valence-electron chi connectivity index (χ0n) is 9.18. The topological polar surface area (TPSA) is 173 Å². The predicted octanol–water partition coefficient (Wildman–Crippen LogP) is -4.50. The molecule has 2 aliphatic rings. The number of aliphatic imine (C=N–C) groups is 1. The quantitative estimate of drug-likeness (QED) is 0.212. The van der Waals surface area contributed by atoms with Crippen molar-refractivity contribution in [3.05, 3.63) is 0 Å². The molecule has 2 saturated heterocycles. The molecule has 2 fully saturated rings. The summed E-state index contributed by atoms with van der Waals surface area (Å²) in [4.78, 5) is 15.0. The van der Waals surface area contributed by atoms with Crippen molar-refractivity contribution in [2.45, 2.75) is 30.5 Å². The van der Waals surface area contributed by atoms with Crippen LogP contribution in [0.1, 0.15) is 0 Å². The van der Waals surface area contributed by atoms with Gasteiger partial charge in [-0.3, -0.25) is 11.5 Å². The summed E-state index contributed by atoms with van der Waals surface area (Å²) in [7, 11) is 0. The van der Waals surface area contributed by atoms with Gasteiger partial charge in [0.15, 0.2) is 6.23 Å². The van der Waals surface area contributed by atoms with Crippen molar-refractivity contribution in [1.29, 1.82) is 0 Å². The molecule has 0 aromatic carbocycles. The summed E-state index contributed by atoms with van der Waals surface area (Å²) < 4.78 is 9.56. The highest BCUT2D eigenvalue weighted by Crippen LogP contribution is 2.22. The standard InChI is InChI=1S/C8H14N4O6/c9-8(10)12-5(7(16)18-8)11-6-4(15)3(14)2(1-13)17-6/h2-4,6,13-15H,1,9-10H2,(H,11,12)/t2-,3-,4-,6-/m1/s1. The molecular formula is C8H14N4O6. The lowest BCUT2D eigenvalue weighted by atomic mass is 10.1. The van der Waals surface area contributed by atoms with Gasteiger partial charge in [-0.2, -0.15) is 0 Å². The molecule has 0 bridgehead atoms. The van der Waals surface area contributed by atoms with E-state index in [4.69, 9.17) is 21.3 Å². The van der Waals surface area contributed by atoms with Gasteiger partial charge in [0, 0.05) is 0 Å². The van der Waals surface area contributed by atoms with Gasteiger partial charge >= 0.3 is 11.9 Å². The van der Waals surface area contributed by atoms with E-state index < -0.39 is 43.1 Å². The minimum Gasteiger partial charge on any atom is -0.405 e. The van der Waals surface area contributed by atoms with Crippen molar-refractivity contribution >= 4 is 11.8 Å². The van der Waals surface area contributed by atoms with Crippen molar-refractivity contribution in [2.75, 3.05) is 6.61 Å². The van der Waals surface area contributed by atoms with E-state index in [9.17, 15) is 15.0 Å². The largest absolute Gasteiger partial charge is 0.405 e. The summed E-state index contributed by atoms with van der Waals surface area (Å²) in [5.41, 5.74) is 10.6. The van der Waals surface area contributed by atoms with Crippen LogP contribution in [-0.4, -0.2) is 64.2 Å². The average molecular weight is 262 g/mol. The number of nitrogens with two attached hydrogens (primary N) is 2. The Labute approximate surface area is 101 Å². The monoisotopic (exact) mass is 262 g/mol. The number of carbonyl (C=O) groups is 1. The molecule has 102 valence electrons. The van der Waals surface area contributed by atoms with Crippen LogP contribution in [0.25, 0.3) is 0 Å². The third-order valence-corrected chi connectivity index (χ3v) is 2.54. The molecular weight excluding hydrogens is 248 g/mol. The number of nitrogens with zero attached hydrogens (tertiary/aromatic N) is 1. The summed E-state index contributed by atoms with van der Waals surface area (Å²) in [5, 5.41) is 30.2. The van der Waals surface area contributed by atoms with Crippen LogP contribution in [0.5, 0.6) is 0 Å². The minimum absolute atomic E-state index is 0.324. The van der Waals surface area contributed by atoms with Gasteiger partial charge in [0.1, 0.15) is 18.3 Å². The molecule has 0 radical (unpaired) electrons. The number of ether oxygens (including phenoxy) is 2. The molecule has 0 spiro atoms. The molecule has 2 heterocycles. The number of hydrogen-bond acceptors (Lipinski definition) is 9. The van der Waals surface area contributed by atoms with Gasteiger partial charge < -0.3 is 30.1 Å². The van der Waals surface area contributed by atoms with E-state index in [0.717, 1.165) is 0 Å². The summed E-state index contributed by atoms with van der Waals surface area (Å²) in [6, 6.07) is 0.